The molecule has 4 N–H and O–H groups in total. The molecule has 1 aromatic rings. The van der Waals surface area contributed by atoms with Gasteiger partial charge >= 0.3 is 0 Å². The fraction of sp³-hybridized carbons (Fsp3) is 0.583. The van der Waals surface area contributed by atoms with Crippen molar-refractivity contribution in [1.82, 2.24) is 10.2 Å². The Morgan fingerprint density at radius 1 is 1.29 bits per heavy atom. The minimum Gasteiger partial charge on any atom is -0.493 e. The molecule has 0 heterocycles. The van der Waals surface area contributed by atoms with Crippen molar-refractivity contribution in [3.05, 3.63) is 32.9 Å². The van der Waals surface area contributed by atoms with E-state index < -0.39 is 24.2 Å². The minimum absolute atomic E-state index is 0.0774. The highest BCUT2D eigenvalue weighted by atomic mass is 127. The first-order valence-corrected chi connectivity index (χ1v) is 12.6. The summed E-state index contributed by atoms with van der Waals surface area (Å²) in [5.74, 6) is 0.0858. The van der Waals surface area contributed by atoms with Crippen LogP contribution in [-0.4, -0.2) is 90.3 Å². The first-order valence-electron chi connectivity index (χ1n) is 11.5. The highest BCUT2D eigenvalue weighted by Gasteiger charge is 2.40. The van der Waals surface area contributed by atoms with E-state index in [0.717, 1.165) is 0 Å². The largest absolute Gasteiger partial charge is 0.493 e. The second-order valence-electron chi connectivity index (χ2n) is 8.05. The second kappa shape index (κ2) is 14.6. The molecule has 0 saturated carbocycles. The van der Waals surface area contributed by atoms with E-state index in [2.05, 4.69) is 5.32 Å². The zero-order chi connectivity index (χ0) is 26.0. The van der Waals surface area contributed by atoms with Crippen molar-refractivity contribution in [1.29, 1.82) is 0 Å². The molecule has 11 heteroatoms. The van der Waals surface area contributed by atoms with Crippen LogP contribution in [0.2, 0.25) is 0 Å². The van der Waals surface area contributed by atoms with E-state index in [9.17, 15) is 19.8 Å². The van der Waals surface area contributed by atoms with Gasteiger partial charge in [0.1, 0.15) is 12.2 Å². The number of amides is 2. The van der Waals surface area contributed by atoms with Crippen LogP contribution in [0, 0.1) is 3.57 Å². The number of carbonyl (C=O) groups excluding carboxylic acids is 2. The SMILES string of the molecule is CCOCCCN(C(C)=O)[C@@H]1CC(C(=O)NCCO)=C[C@H](Oc2c(I)cc(CO)cc2OC)[C@H]1O. The molecule has 10 nitrogen and oxygen atoms in total. The Labute approximate surface area is 219 Å². The lowest BCUT2D eigenvalue weighted by molar-refractivity contribution is -0.136. The molecular formula is C24H35IN2O8. The molecule has 2 amide bonds. The molecule has 3 atom stereocenters. The van der Waals surface area contributed by atoms with E-state index >= 15 is 0 Å². The summed E-state index contributed by atoms with van der Waals surface area (Å²) in [5, 5.41) is 32.5. The van der Waals surface area contributed by atoms with Crippen molar-refractivity contribution in [2.75, 3.05) is 40.0 Å². The second-order valence-corrected chi connectivity index (χ2v) is 9.21. The van der Waals surface area contributed by atoms with Crippen molar-refractivity contribution in [2.24, 2.45) is 0 Å². The normalized spacial score (nSPS) is 19.6. The van der Waals surface area contributed by atoms with Gasteiger partial charge in [-0.3, -0.25) is 9.59 Å². The van der Waals surface area contributed by atoms with Crippen molar-refractivity contribution in [3.63, 3.8) is 0 Å². The first-order chi connectivity index (χ1) is 16.8. The maximum absolute atomic E-state index is 12.8. The molecule has 2 rings (SSSR count). The highest BCUT2D eigenvalue weighted by molar-refractivity contribution is 14.1. The van der Waals surface area contributed by atoms with Crippen molar-refractivity contribution in [3.8, 4) is 11.5 Å². The predicted molar refractivity (Wildman–Crippen MR) is 137 cm³/mol. The molecule has 196 valence electrons. The lowest BCUT2D eigenvalue weighted by Gasteiger charge is -2.40. The maximum atomic E-state index is 12.8. The van der Waals surface area contributed by atoms with Gasteiger partial charge in [0, 0.05) is 45.2 Å². The summed E-state index contributed by atoms with van der Waals surface area (Å²) >= 11 is 2.05. The van der Waals surface area contributed by atoms with Crippen LogP contribution >= 0.6 is 22.6 Å². The number of aliphatic hydroxyl groups is 3. The van der Waals surface area contributed by atoms with Gasteiger partial charge in [-0.1, -0.05) is 0 Å². The number of carbonyl (C=O) groups is 2. The number of nitrogens with zero attached hydrogens (tertiary/aromatic N) is 1. The van der Waals surface area contributed by atoms with Crippen LogP contribution < -0.4 is 14.8 Å². The van der Waals surface area contributed by atoms with Crippen LogP contribution in [0.5, 0.6) is 11.5 Å². The highest BCUT2D eigenvalue weighted by Crippen LogP contribution is 2.37. The number of methoxy groups -OCH3 is 1. The molecule has 0 unspecified atom stereocenters. The van der Waals surface area contributed by atoms with Crippen LogP contribution in [0.3, 0.4) is 0 Å². The van der Waals surface area contributed by atoms with Gasteiger partial charge < -0.3 is 39.7 Å². The van der Waals surface area contributed by atoms with Gasteiger partial charge in [-0.15, -0.1) is 0 Å². The van der Waals surface area contributed by atoms with E-state index in [1.807, 2.05) is 29.5 Å². The number of hydrogen-bond acceptors (Lipinski definition) is 8. The van der Waals surface area contributed by atoms with E-state index in [1.165, 1.54) is 14.0 Å². The van der Waals surface area contributed by atoms with Crippen LogP contribution in [0.1, 0.15) is 32.3 Å². The average molecular weight is 606 g/mol. The van der Waals surface area contributed by atoms with Crippen LogP contribution in [0.25, 0.3) is 0 Å². The van der Waals surface area contributed by atoms with E-state index in [-0.39, 0.29) is 32.1 Å². The van der Waals surface area contributed by atoms with Gasteiger partial charge in [-0.2, -0.15) is 0 Å². The van der Waals surface area contributed by atoms with E-state index in [4.69, 9.17) is 19.3 Å². The molecule has 0 saturated heterocycles. The number of rotatable bonds is 13. The molecule has 0 fully saturated rings. The Morgan fingerprint density at radius 2 is 2.03 bits per heavy atom. The Hall–Kier alpha value is -1.93. The van der Waals surface area contributed by atoms with Crippen molar-refractivity contribution >= 4 is 34.4 Å². The summed E-state index contributed by atoms with van der Waals surface area (Å²) in [5.41, 5.74) is 0.980. The quantitative estimate of drug-likeness (QED) is 0.193. The number of halogens is 1. The Morgan fingerprint density at radius 3 is 2.63 bits per heavy atom. The zero-order valence-electron chi connectivity index (χ0n) is 20.3. The molecule has 0 spiro atoms. The summed E-state index contributed by atoms with van der Waals surface area (Å²) < 4.78 is 17.6. The number of ether oxygens (including phenoxy) is 3. The topological polar surface area (TPSA) is 138 Å². The number of hydrogen-bond donors (Lipinski definition) is 4. The van der Waals surface area contributed by atoms with Crippen LogP contribution in [-0.2, 0) is 20.9 Å². The molecule has 0 bridgehead atoms. The molecule has 0 radical (unpaired) electrons. The Balaban J connectivity index is 2.40. The first kappa shape index (κ1) is 29.3. The monoisotopic (exact) mass is 606 g/mol. The number of nitrogens with one attached hydrogen (secondary N) is 1. The average Bonchev–Trinajstić information content (AvgIpc) is 2.84. The Kier molecular flexibility index (Phi) is 12.2. The Bertz CT molecular complexity index is 895. The fourth-order valence-electron chi connectivity index (χ4n) is 3.93. The van der Waals surface area contributed by atoms with Crippen LogP contribution in [0.4, 0.5) is 0 Å². The standard InChI is InChI=1S/C24H35IN2O8/c1-4-34-9-5-7-27(15(2)30)19-12-17(24(32)26-6-8-28)13-20(22(19)31)35-23-18(25)10-16(14-29)11-21(23)33-3/h10-11,13,19-20,22,28-29,31H,4-9,12,14H2,1-3H3,(H,26,32)/t19-,20+,22+/m1/s1. The molecule has 1 aromatic carbocycles. The molecule has 0 aromatic heterocycles. The third-order valence-electron chi connectivity index (χ3n) is 5.64. The molecule has 1 aliphatic rings. The number of aliphatic hydroxyl groups excluding tert-OH is 3. The lowest BCUT2D eigenvalue weighted by atomic mass is 9.88. The third-order valence-corrected chi connectivity index (χ3v) is 6.44. The lowest BCUT2D eigenvalue weighted by Crippen LogP contribution is -2.55. The van der Waals surface area contributed by atoms with Gasteiger partial charge in [-0.25, -0.2) is 0 Å². The van der Waals surface area contributed by atoms with Gasteiger partial charge in [0.05, 0.1) is 29.9 Å². The summed E-state index contributed by atoms with van der Waals surface area (Å²) in [6.45, 7) is 4.38. The summed E-state index contributed by atoms with van der Waals surface area (Å²) in [4.78, 5) is 26.8. The zero-order valence-corrected chi connectivity index (χ0v) is 22.5. The maximum Gasteiger partial charge on any atom is 0.247 e. The molecular weight excluding hydrogens is 571 g/mol. The number of benzene rings is 1. The molecule has 1 aliphatic carbocycles. The van der Waals surface area contributed by atoms with E-state index in [1.54, 1.807) is 23.1 Å². The predicted octanol–water partition coefficient (Wildman–Crippen LogP) is 0.983. The summed E-state index contributed by atoms with van der Waals surface area (Å²) in [7, 11) is 1.47. The third kappa shape index (κ3) is 8.04. The smallest absolute Gasteiger partial charge is 0.247 e. The molecule has 0 aliphatic heterocycles. The summed E-state index contributed by atoms with van der Waals surface area (Å²) in [6.07, 6.45) is 0.163. The summed E-state index contributed by atoms with van der Waals surface area (Å²) in [6, 6.07) is 2.66. The van der Waals surface area contributed by atoms with Gasteiger partial charge in [0.25, 0.3) is 0 Å². The van der Waals surface area contributed by atoms with Gasteiger partial charge in [0.15, 0.2) is 11.5 Å². The van der Waals surface area contributed by atoms with Crippen molar-refractivity contribution in [2.45, 2.75) is 51.5 Å². The minimum atomic E-state index is -1.13. The van der Waals surface area contributed by atoms with Gasteiger partial charge in [-0.05, 0) is 59.7 Å². The van der Waals surface area contributed by atoms with E-state index in [0.29, 0.717) is 52.4 Å². The molecule has 35 heavy (non-hydrogen) atoms. The van der Waals surface area contributed by atoms with Crippen molar-refractivity contribution < 1.29 is 39.1 Å². The van der Waals surface area contributed by atoms with Gasteiger partial charge in [0.2, 0.25) is 11.8 Å². The fourth-order valence-corrected chi connectivity index (χ4v) is 4.73. The van der Waals surface area contributed by atoms with Crippen LogP contribution in [0.15, 0.2) is 23.8 Å².